The predicted molar refractivity (Wildman–Crippen MR) is 77.7 cm³/mol. The number of halogens is 2. The lowest BCUT2D eigenvalue weighted by molar-refractivity contribution is -0.385. The first-order chi connectivity index (χ1) is 9.88. The fraction of sp³-hybridized carbons (Fsp3) is 0.0769. The molecule has 0 aliphatic rings. The number of nitrogens with one attached hydrogen (secondary N) is 1. The molecule has 0 spiro atoms. The molecule has 0 fully saturated rings. The number of rotatable bonds is 3. The average molecular weight is 354 g/mol. The number of anilines is 1. The monoisotopic (exact) mass is 353 g/mol. The molecular weight excluding hydrogens is 345 g/mol. The number of pyridine rings is 1. The maximum atomic E-state index is 13.1. The van der Waals surface area contributed by atoms with Gasteiger partial charge >= 0.3 is 0 Å². The summed E-state index contributed by atoms with van der Waals surface area (Å²) in [5, 5.41) is 13.4. The number of nitro groups is 1. The van der Waals surface area contributed by atoms with Crippen molar-refractivity contribution in [1.29, 1.82) is 0 Å². The van der Waals surface area contributed by atoms with Crippen molar-refractivity contribution >= 4 is 33.3 Å². The third-order valence-corrected chi connectivity index (χ3v) is 3.11. The third kappa shape index (κ3) is 3.40. The smallest absolute Gasteiger partial charge is 0.285 e. The van der Waals surface area contributed by atoms with Crippen LogP contribution in [0.15, 0.2) is 34.9 Å². The van der Waals surface area contributed by atoms with Gasteiger partial charge in [-0.15, -0.1) is 0 Å². The first-order valence-electron chi connectivity index (χ1n) is 5.76. The Labute approximate surface area is 127 Å². The number of aryl methyl sites for hydroxylation is 1. The van der Waals surface area contributed by atoms with Gasteiger partial charge in [0, 0.05) is 10.7 Å². The summed E-state index contributed by atoms with van der Waals surface area (Å²) in [7, 11) is 0. The van der Waals surface area contributed by atoms with Crippen molar-refractivity contribution in [2.24, 2.45) is 0 Å². The van der Waals surface area contributed by atoms with Crippen molar-refractivity contribution in [3.05, 3.63) is 62.0 Å². The van der Waals surface area contributed by atoms with Crippen molar-refractivity contribution in [2.75, 3.05) is 5.32 Å². The maximum absolute atomic E-state index is 13.1. The molecule has 2 rings (SSSR count). The lowest BCUT2D eigenvalue weighted by Gasteiger charge is -2.08. The Balaban J connectivity index is 2.34. The SMILES string of the molecule is Cc1cc(Br)cnc1NC(=O)c1ccc(F)cc1[N+](=O)[O-]. The quantitative estimate of drug-likeness (QED) is 0.676. The van der Waals surface area contributed by atoms with Gasteiger partial charge in [-0.2, -0.15) is 0 Å². The van der Waals surface area contributed by atoms with Crippen LogP contribution in [-0.2, 0) is 0 Å². The summed E-state index contributed by atoms with van der Waals surface area (Å²) in [6.07, 6.45) is 1.49. The van der Waals surface area contributed by atoms with Crippen LogP contribution >= 0.6 is 15.9 Å². The van der Waals surface area contributed by atoms with Gasteiger partial charge in [0.1, 0.15) is 17.2 Å². The van der Waals surface area contributed by atoms with E-state index in [4.69, 9.17) is 0 Å². The van der Waals surface area contributed by atoms with E-state index in [1.165, 1.54) is 6.20 Å². The summed E-state index contributed by atoms with van der Waals surface area (Å²) in [4.78, 5) is 26.2. The summed E-state index contributed by atoms with van der Waals surface area (Å²) in [5.41, 5.74) is -0.143. The van der Waals surface area contributed by atoms with E-state index < -0.39 is 22.3 Å². The van der Waals surface area contributed by atoms with Gasteiger partial charge in [0.2, 0.25) is 0 Å². The van der Waals surface area contributed by atoms with Gasteiger partial charge in [0.05, 0.1) is 11.0 Å². The van der Waals surface area contributed by atoms with Gasteiger partial charge in [-0.1, -0.05) is 0 Å². The summed E-state index contributed by atoms with van der Waals surface area (Å²) in [6.45, 7) is 1.73. The molecule has 1 aromatic carbocycles. The minimum atomic E-state index is -0.806. The van der Waals surface area contributed by atoms with Crippen LogP contribution in [0.3, 0.4) is 0 Å². The first kappa shape index (κ1) is 15.0. The van der Waals surface area contributed by atoms with E-state index in [9.17, 15) is 19.3 Å². The van der Waals surface area contributed by atoms with E-state index in [1.54, 1.807) is 13.0 Å². The zero-order valence-electron chi connectivity index (χ0n) is 10.8. The van der Waals surface area contributed by atoms with Crippen LogP contribution in [0.4, 0.5) is 15.9 Å². The topological polar surface area (TPSA) is 85.1 Å². The molecule has 0 radical (unpaired) electrons. The van der Waals surface area contributed by atoms with Crippen LogP contribution in [0, 0.1) is 22.9 Å². The summed E-state index contributed by atoms with van der Waals surface area (Å²) < 4.78 is 13.8. The Morgan fingerprint density at radius 2 is 2.14 bits per heavy atom. The minimum Gasteiger partial charge on any atom is -0.306 e. The Bertz CT molecular complexity index is 737. The number of hydrogen-bond acceptors (Lipinski definition) is 4. The molecule has 8 heteroatoms. The van der Waals surface area contributed by atoms with Crippen LogP contribution in [0.2, 0.25) is 0 Å². The predicted octanol–water partition coefficient (Wildman–Crippen LogP) is 3.45. The van der Waals surface area contributed by atoms with E-state index in [0.29, 0.717) is 11.6 Å². The summed E-state index contributed by atoms with van der Waals surface area (Å²) >= 11 is 3.24. The molecule has 1 N–H and O–H groups in total. The van der Waals surface area contributed by atoms with Crippen LogP contribution < -0.4 is 5.32 Å². The molecule has 1 amide bonds. The molecule has 2 aromatic rings. The average Bonchev–Trinajstić information content (AvgIpc) is 2.41. The standard InChI is InChI=1S/C13H9BrFN3O3/c1-7-4-8(14)6-16-12(7)17-13(19)10-3-2-9(15)5-11(10)18(20)21/h2-6H,1H3,(H,16,17,19). The van der Waals surface area contributed by atoms with Crippen LogP contribution in [0.5, 0.6) is 0 Å². The van der Waals surface area contributed by atoms with E-state index in [0.717, 1.165) is 16.6 Å². The Kier molecular flexibility index (Phi) is 4.27. The first-order valence-corrected chi connectivity index (χ1v) is 6.55. The fourth-order valence-electron chi connectivity index (χ4n) is 1.69. The van der Waals surface area contributed by atoms with Crippen LogP contribution in [0.1, 0.15) is 15.9 Å². The highest BCUT2D eigenvalue weighted by molar-refractivity contribution is 9.10. The van der Waals surface area contributed by atoms with Gasteiger partial charge in [-0.25, -0.2) is 9.37 Å². The summed E-state index contributed by atoms with van der Waals surface area (Å²) in [5.74, 6) is -1.22. The number of hydrogen-bond donors (Lipinski definition) is 1. The number of nitrogens with zero attached hydrogens (tertiary/aromatic N) is 2. The van der Waals surface area contributed by atoms with Crippen LogP contribution in [-0.4, -0.2) is 15.8 Å². The molecule has 0 unspecified atom stereocenters. The van der Waals surface area contributed by atoms with Crippen molar-refractivity contribution in [1.82, 2.24) is 4.98 Å². The third-order valence-electron chi connectivity index (χ3n) is 2.68. The van der Waals surface area contributed by atoms with Gasteiger partial charge in [0.25, 0.3) is 11.6 Å². The zero-order chi connectivity index (χ0) is 15.6. The van der Waals surface area contributed by atoms with Crippen molar-refractivity contribution in [3.63, 3.8) is 0 Å². The molecule has 1 heterocycles. The van der Waals surface area contributed by atoms with Crippen LogP contribution in [0.25, 0.3) is 0 Å². The number of amides is 1. The van der Waals surface area contributed by atoms with E-state index in [1.807, 2.05) is 0 Å². The molecule has 0 bridgehead atoms. The van der Waals surface area contributed by atoms with Gasteiger partial charge in [0.15, 0.2) is 0 Å². The van der Waals surface area contributed by atoms with Gasteiger partial charge in [-0.3, -0.25) is 14.9 Å². The number of nitro benzene ring substituents is 1. The molecule has 0 atom stereocenters. The number of benzene rings is 1. The summed E-state index contributed by atoms with van der Waals surface area (Å²) in [6, 6.07) is 4.50. The van der Waals surface area contributed by atoms with Crippen molar-refractivity contribution in [2.45, 2.75) is 6.92 Å². The highest BCUT2D eigenvalue weighted by Gasteiger charge is 2.21. The Morgan fingerprint density at radius 3 is 2.76 bits per heavy atom. The molecule has 0 aliphatic heterocycles. The van der Waals surface area contributed by atoms with E-state index in [2.05, 4.69) is 26.2 Å². The van der Waals surface area contributed by atoms with E-state index in [-0.39, 0.29) is 11.4 Å². The van der Waals surface area contributed by atoms with Crippen molar-refractivity contribution < 1.29 is 14.1 Å². The zero-order valence-corrected chi connectivity index (χ0v) is 12.3. The molecule has 0 saturated heterocycles. The Hall–Kier alpha value is -2.35. The minimum absolute atomic E-state index is 0.231. The van der Waals surface area contributed by atoms with Gasteiger partial charge < -0.3 is 5.32 Å². The maximum Gasteiger partial charge on any atom is 0.285 e. The van der Waals surface area contributed by atoms with Gasteiger partial charge in [-0.05, 0) is 46.6 Å². The normalized spacial score (nSPS) is 10.2. The largest absolute Gasteiger partial charge is 0.306 e. The number of aromatic nitrogens is 1. The lowest BCUT2D eigenvalue weighted by Crippen LogP contribution is -2.15. The molecule has 108 valence electrons. The molecular formula is C13H9BrFN3O3. The molecule has 6 nitrogen and oxygen atoms in total. The second-order valence-corrected chi connectivity index (χ2v) is 5.11. The fourth-order valence-corrected chi connectivity index (χ4v) is 2.14. The number of carbonyl (C=O) groups is 1. The highest BCUT2D eigenvalue weighted by Crippen LogP contribution is 2.22. The molecule has 0 aliphatic carbocycles. The highest BCUT2D eigenvalue weighted by atomic mass is 79.9. The molecule has 1 aromatic heterocycles. The second kappa shape index (κ2) is 5.96. The molecule has 0 saturated carbocycles. The van der Waals surface area contributed by atoms with E-state index >= 15 is 0 Å². The van der Waals surface area contributed by atoms with Crippen molar-refractivity contribution in [3.8, 4) is 0 Å². The lowest BCUT2D eigenvalue weighted by atomic mass is 10.1. The molecule has 21 heavy (non-hydrogen) atoms. The second-order valence-electron chi connectivity index (χ2n) is 4.19. The Morgan fingerprint density at radius 1 is 1.43 bits per heavy atom. The number of carbonyl (C=O) groups excluding carboxylic acids is 1.